The Kier molecular flexibility index (Phi) is 7.28. The number of nitriles is 1. The van der Waals surface area contributed by atoms with Gasteiger partial charge in [-0.25, -0.2) is 4.79 Å². The van der Waals surface area contributed by atoms with Gasteiger partial charge >= 0.3 is 5.97 Å². The lowest BCUT2D eigenvalue weighted by Gasteiger charge is -2.08. The number of unbranched alkanes of at least 4 members (excludes halogenated alkanes) is 1. The molecule has 0 aliphatic rings. The Hall–Kier alpha value is -3.76. The Labute approximate surface area is 192 Å². The molecule has 0 unspecified atom stereocenters. The van der Waals surface area contributed by atoms with Crippen LogP contribution in [0.1, 0.15) is 41.4 Å². The van der Waals surface area contributed by atoms with Gasteiger partial charge in [0.25, 0.3) is 0 Å². The number of hydrogen-bond donors (Lipinski definition) is 2. The quantitative estimate of drug-likeness (QED) is 0.250. The van der Waals surface area contributed by atoms with Gasteiger partial charge in [-0.1, -0.05) is 12.1 Å². The molecule has 7 heteroatoms. The van der Waals surface area contributed by atoms with Gasteiger partial charge in [-0.3, -0.25) is 0 Å². The van der Waals surface area contributed by atoms with E-state index in [9.17, 15) is 4.79 Å². The second kappa shape index (κ2) is 10.7. The van der Waals surface area contributed by atoms with E-state index in [1.165, 1.54) is 5.56 Å². The van der Waals surface area contributed by atoms with Crippen LogP contribution in [-0.4, -0.2) is 37.3 Å². The van der Waals surface area contributed by atoms with Crippen molar-refractivity contribution in [2.24, 2.45) is 0 Å². The number of nitrogens with zero attached hydrogens (tertiary/aromatic N) is 1. The van der Waals surface area contributed by atoms with Crippen LogP contribution in [0.4, 0.5) is 0 Å². The fourth-order valence-electron chi connectivity index (χ4n) is 3.83. The molecule has 170 valence electrons. The Morgan fingerprint density at radius 2 is 2.09 bits per heavy atom. The van der Waals surface area contributed by atoms with Gasteiger partial charge in [0.05, 0.1) is 18.2 Å². The normalized spacial score (nSPS) is 11.0. The van der Waals surface area contributed by atoms with Gasteiger partial charge < -0.3 is 24.2 Å². The Bertz CT molecular complexity index is 1280. The van der Waals surface area contributed by atoms with Gasteiger partial charge in [0, 0.05) is 29.0 Å². The number of fused-ring (bicyclic) bond motifs is 2. The summed E-state index contributed by atoms with van der Waals surface area (Å²) < 4.78 is 16.5. The summed E-state index contributed by atoms with van der Waals surface area (Å²) in [7, 11) is 0. The number of aromatic amines is 1. The van der Waals surface area contributed by atoms with E-state index in [2.05, 4.69) is 16.4 Å². The molecule has 7 nitrogen and oxygen atoms in total. The minimum atomic E-state index is -0.473. The molecule has 2 aromatic carbocycles. The molecule has 0 spiro atoms. The van der Waals surface area contributed by atoms with Gasteiger partial charge in [-0.15, -0.1) is 0 Å². The average molecular weight is 446 g/mol. The number of benzene rings is 2. The molecule has 0 radical (unpaired) electrons. The van der Waals surface area contributed by atoms with E-state index in [0.29, 0.717) is 36.7 Å². The van der Waals surface area contributed by atoms with Gasteiger partial charge in [-0.2, -0.15) is 5.26 Å². The van der Waals surface area contributed by atoms with Crippen molar-refractivity contribution in [3.8, 4) is 11.8 Å². The highest BCUT2D eigenvalue weighted by molar-refractivity contribution is 5.94. The van der Waals surface area contributed by atoms with Crippen LogP contribution >= 0.6 is 0 Å². The van der Waals surface area contributed by atoms with Crippen LogP contribution in [0.15, 0.2) is 53.1 Å². The fraction of sp³-hybridized carbons (Fsp3) is 0.308. The number of carbonyl (C=O) groups excluding carboxylic acids is 1. The van der Waals surface area contributed by atoms with Crippen molar-refractivity contribution >= 4 is 27.8 Å². The zero-order valence-corrected chi connectivity index (χ0v) is 18.6. The summed E-state index contributed by atoms with van der Waals surface area (Å²) in [6.07, 6.45) is 5.10. The monoisotopic (exact) mass is 445 g/mol. The lowest BCUT2D eigenvalue weighted by molar-refractivity contribution is 0.0492. The molecule has 0 amide bonds. The number of aromatic nitrogens is 1. The highest BCUT2D eigenvalue weighted by atomic mass is 16.5. The molecule has 0 saturated carbocycles. The third-order valence-electron chi connectivity index (χ3n) is 5.47. The molecular weight excluding hydrogens is 418 g/mol. The summed E-state index contributed by atoms with van der Waals surface area (Å²) >= 11 is 0. The van der Waals surface area contributed by atoms with Crippen molar-refractivity contribution in [3.63, 3.8) is 0 Å². The zero-order chi connectivity index (χ0) is 23.0. The summed E-state index contributed by atoms with van der Waals surface area (Å²) in [6.45, 7) is 4.16. The van der Waals surface area contributed by atoms with E-state index in [4.69, 9.17) is 19.2 Å². The van der Waals surface area contributed by atoms with Gasteiger partial charge in [0.1, 0.15) is 6.61 Å². The van der Waals surface area contributed by atoms with E-state index in [0.717, 1.165) is 42.1 Å². The molecule has 0 saturated heterocycles. The predicted octanol–water partition coefficient (Wildman–Crippen LogP) is 4.95. The Morgan fingerprint density at radius 3 is 2.94 bits per heavy atom. The van der Waals surface area contributed by atoms with E-state index in [1.807, 2.05) is 42.6 Å². The molecule has 4 rings (SSSR count). The maximum absolute atomic E-state index is 11.9. The molecule has 2 N–H and O–H groups in total. The lowest BCUT2D eigenvalue weighted by atomic mass is 10.1. The molecular formula is C26H27N3O4. The van der Waals surface area contributed by atoms with Gasteiger partial charge in [-0.05, 0) is 68.6 Å². The summed E-state index contributed by atoms with van der Waals surface area (Å²) in [5.74, 6) is 0.320. The number of H-pyrrole nitrogens is 1. The zero-order valence-electron chi connectivity index (χ0n) is 18.6. The minimum absolute atomic E-state index is 0.181. The average Bonchev–Trinajstić information content (AvgIpc) is 3.45. The van der Waals surface area contributed by atoms with E-state index >= 15 is 0 Å². The molecule has 0 aliphatic heterocycles. The molecule has 0 fully saturated rings. The smallest absolute Gasteiger partial charge is 0.374 e. The number of ether oxygens (including phenoxy) is 2. The first-order valence-electron chi connectivity index (χ1n) is 11.2. The van der Waals surface area contributed by atoms with Crippen LogP contribution in [0.3, 0.4) is 0 Å². The second-order valence-electron chi connectivity index (χ2n) is 7.75. The van der Waals surface area contributed by atoms with Crippen molar-refractivity contribution in [2.75, 3.05) is 26.3 Å². The van der Waals surface area contributed by atoms with E-state index < -0.39 is 5.97 Å². The molecule has 33 heavy (non-hydrogen) atoms. The van der Waals surface area contributed by atoms with E-state index in [-0.39, 0.29) is 5.76 Å². The first-order chi connectivity index (χ1) is 16.2. The topological polar surface area (TPSA) is 100 Å². The van der Waals surface area contributed by atoms with Gasteiger partial charge in [0.15, 0.2) is 11.3 Å². The number of esters is 1. The number of aryl methyl sites for hydroxylation is 1. The molecule has 2 aromatic heterocycles. The van der Waals surface area contributed by atoms with Crippen molar-refractivity contribution < 1.29 is 18.7 Å². The highest BCUT2D eigenvalue weighted by Crippen LogP contribution is 2.29. The van der Waals surface area contributed by atoms with Crippen LogP contribution in [-0.2, 0) is 11.2 Å². The van der Waals surface area contributed by atoms with Crippen molar-refractivity contribution in [1.29, 1.82) is 5.26 Å². The third kappa shape index (κ3) is 5.36. The Morgan fingerprint density at radius 1 is 1.18 bits per heavy atom. The van der Waals surface area contributed by atoms with Crippen LogP contribution < -0.4 is 10.1 Å². The SMILES string of the molecule is CCOC(=O)c1cc2cccc(OCCNCCCCc3c[nH]c4ccc(C#N)cc34)c2o1. The Balaban J connectivity index is 1.19. The minimum Gasteiger partial charge on any atom is -0.488 e. The number of nitrogens with one attached hydrogen (secondary N) is 2. The standard InChI is InChI=1S/C26H27N3O4/c1-2-31-26(30)24-15-19-7-5-8-23(25(19)33-24)32-13-12-28-11-4-3-6-20-17-29-22-10-9-18(16-27)14-21(20)22/h5,7-10,14-15,17,28-29H,2-4,6,11-13H2,1H3. The maximum atomic E-state index is 11.9. The van der Waals surface area contributed by atoms with E-state index in [1.54, 1.807) is 13.0 Å². The maximum Gasteiger partial charge on any atom is 0.374 e. The number of rotatable bonds is 11. The van der Waals surface area contributed by atoms with Crippen LogP contribution in [0.5, 0.6) is 5.75 Å². The number of furan rings is 1. The molecule has 4 aromatic rings. The summed E-state index contributed by atoms with van der Waals surface area (Å²) in [5, 5.41) is 14.4. The third-order valence-corrected chi connectivity index (χ3v) is 5.47. The number of para-hydroxylation sites is 1. The van der Waals surface area contributed by atoms with Crippen LogP contribution in [0.2, 0.25) is 0 Å². The van der Waals surface area contributed by atoms with Crippen LogP contribution in [0, 0.1) is 11.3 Å². The molecule has 0 bridgehead atoms. The molecule has 0 aliphatic carbocycles. The molecule has 2 heterocycles. The number of hydrogen-bond acceptors (Lipinski definition) is 6. The summed E-state index contributed by atoms with van der Waals surface area (Å²) in [5.41, 5.74) is 3.56. The van der Waals surface area contributed by atoms with Crippen molar-refractivity contribution in [3.05, 3.63) is 65.5 Å². The largest absolute Gasteiger partial charge is 0.488 e. The lowest BCUT2D eigenvalue weighted by Crippen LogP contribution is -2.22. The summed E-state index contributed by atoms with van der Waals surface area (Å²) in [6, 6.07) is 15.2. The summed E-state index contributed by atoms with van der Waals surface area (Å²) in [4.78, 5) is 15.2. The fourth-order valence-corrected chi connectivity index (χ4v) is 3.83. The van der Waals surface area contributed by atoms with Gasteiger partial charge in [0.2, 0.25) is 5.76 Å². The molecule has 0 atom stereocenters. The highest BCUT2D eigenvalue weighted by Gasteiger charge is 2.15. The second-order valence-corrected chi connectivity index (χ2v) is 7.75. The first-order valence-corrected chi connectivity index (χ1v) is 11.2. The number of carbonyl (C=O) groups is 1. The van der Waals surface area contributed by atoms with Crippen molar-refractivity contribution in [1.82, 2.24) is 10.3 Å². The van der Waals surface area contributed by atoms with Crippen molar-refractivity contribution in [2.45, 2.75) is 26.2 Å². The first kappa shape index (κ1) is 22.4. The predicted molar refractivity (Wildman–Crippen MR) is 126 cm³/mol. The van der Waals surface area contributed by atoms with Crippen LogP contribution in [0.25, 0.3) is 21.9 Å².